The second-order valence-corrected chi connectivity index (χ2v) is 5.26. The number of rotatable bonds is 6. The van der Waals surface area contributed by atoms with E-state index in [0.717, 1.165) is 24.4 Å². The number of benzene rings is 1. The number of hydrogen-bond acceptors (Lipinski definition) is 3. The van der Waals surface area contributed by atoms with E-state index in [1.807, 2.05) is 12.1 Å². The molecule has 2 rings (SSSR count). The smallest absolute Gasteiger partial charge is 0.105 e. The Labute approximate surface area is 115 Å². The van der Waals surface area contributed by atoms with Gasteiger partial charge in [0, 0.05) is 24.7 Å². The van der Waals surface area contributed by atoms with Gasteiger partial charge in [0.2, 0.25) is 0 Å². The molecule has 1 atom stereocenters. The third-order valence-corrected chi connectivity index (χ3v) is 2.95. The van der Waals surface area contributed by atoms with E-state index in [9.17, 15) is 0 Å². The van der Waals surface area contributed by atoms with E-state index >= 15 is 0 Å². The Hall–Kier alpha value is -1.74. The molecule has 0 amide bonds. The molecule has 0 saturated heterocycles. The number of furan rings is 1. The van der Waals surface area contributed by atoms with Crippen molar-refractivity contribution in [3.05, 3.63) is 54.0 Å². The summed E-state index contributed by atoms with van der Waals surface area (Å²) in [5.41, 5.74) is 2.48. The van der Waals surface area contributed by atoms with Crippen LogP contribution in [0.15, 0.2) is 47.1 Å². The molecule has 0 spiro atoms. The van der Waals surface area contributed by atoms with E-state index in [1.165, 1.54) is 5.56 Å². The van der Waals surface area contributed by atoms with Crippen molar-refractivity contribution in [1.82, 2.24) is 4.90 Å². The third kappa shape index (κ3) is 4.45. The van der Waals surface area contributed by atoms with Crippen molar-refractivity contribution in [2.24, 2.45) is 0 Å². The summed E-state index contributed by atoms with van der Waals surface area (Å²) < 4.78 is 5.36. The molecule has 0 fully saturated rings. The first-order chi connectivity index (χ1) is 9.13. The van der Waals surface area contributed by atoms with Crippen LogP contribution >= 0.6 is 0 Å². The molecule has 1 N–H and O–H groups in total. The fourth-order valence-corrected chi connectivity index (χ4v) is 2.14. The van der Waals surface area contributed by atoms with Gasteiger partial charge in [-0.3, -0.25) is 0 Å². The van der Waals surface area contributed by atoms with Crippen LogP contribution in [0, 0.1) is 0 Å². The predicted molar refractivity (Wildman–Crippen MR) is 79.3 cm³/mol. The molecule has 1 unspecified atom stereocenters. The van der Waals surface area contributed by atoms with Gasteiger partial charge in [0.15, 0.2) is 0 Å². The average molecular weight is 258 g/mol. The monoisotopic (exact) mass is 258 g/mol. The zero-order valence-electron chi connectivity index (χ0n) is 11.9. The fourth-order valence-electron chi connectivity index (χ4n) is 2.14. The lowest BCUT2D eigenvalue weighted by Crippen LogP contribution is -2.17. The number of anilines is 1. The highest BCUT2D eigenvalue weighted by Gasteiger charge is 2.05. The topological polar surface area (TPSA) is 28.4 Å². The molecule has 2 aromatic rings. The average Bonchev–Trinajstić information content (AvgIpc) is 2.83. The quantitative estimate of drug-likeness (QED) is 0.861. The van der Waals surface area contributed by atoms with Crippen molar-refractivity contribution in [1.29, 1.82) is 0 Å². The predicted octanol–water partition coefficient (Wildman–Crippen LogP) is 3.38. The van der Waals surface area contributed by atoms with Crippen molar-refractivity contribution in [3.8, 4) is 0 Å². The molecule has 0 radical (unpaired) electrons. The zero-order valence-corrected chi connectivity index (χ0v) is 11.9. The van der Waals surface area contributed by atoms with Crippen LogP contribution in [0.3, 0.4) is 0 Å². The van der Waals surface area contributed by atoms with Crippen LogP contribution in [0.4, 0.5) is 5.69 Å². The van der Waals surface area contributed by atoms with Crippen LogP contribution in [0.2, 0.25) is 0 Å². The Morgan fingerprint density at radius 2 is 1.89 bits per heavy atom. The minimum Gasteiger partial charge on any atom is -0.469 e. The lowest BCUT2D eigenvalue weighted by Gasteiger charge is -2.15. The minimum absolute atomic E-state index is 0.353. The van der Waals surface area contributed by atoms with Crippen LogP contribution < -0.4 is 5.32 Å². The molecule has 0 aliphatic carbocycles. The Kier molecular flexibility index (Phi) is 4.63. The van der Waals surface area contributed by atoms with Gasteiger partial charge >= 0.3 is 0 Å². The van der Waals surface area contributed by atoms with Crippen LogP contribution in [0.1, 0.15) is 18.2 Å². The van der Waals surface area contributed by atoms with Crippen LogP contribution in [0.5, 0.6) is 0 Å². The van der Waals surface area contributed by atoms with Gasteiger partial charge < -0.3 is 14.6 Å². The summed E-state index contributed by atoms with van der Waals surface area (Å²) >= 11 is 0. The van der Waals surface area contributed by atoms with Crippen molar-refractivity contribution in [2.45, 2.75) is 25.9 Å². The molecule has 1 aromatic carbocycles. The molecule has 0 saturated carbocycles. The third-order valence-electron chi connectivity index (χ3n) is 2.95. The van der Waals surface area contributed by atoms with Gasteiger partial charge in [0.05, 0.1) is 6.26 Å². The fraction of sp³-hybridized carbons (Fsp3) is 0.375. The molecular weight excluding hydrogens is 236 g/mol. The van der Waals surface area contributed by atoms with Crippen molar-refractivity contribution < 1.29 is 4.42 Å². The summed E-state index contributed by atoms with van der Waals surface area (Å²) in [6.07, 6.45) is 2.62. The van der Waals surface area contributed by atoms with Crippen molar-refractivity contribution in [3.63, 3.8) is 0 Å². The Balaban J connectivity index is 1.88. The van der Waals surface area contributed by atoms with Crippen LogP contribution in [-0.4, -0.2) is 25.0 Å². The lowest BCUT2D eigenvalue weighted by atomic mass is 10.1. The van der Waals surface area contributed by atoms with E-state index in [0.29, 0.717) is 6.04 Å². The molecule has 0 bridgehead atoms. The van der Waals surface area contributed by atoms with E-state index < -0.39 is 0 Å². The van der Waals surface area contributed by atoms with Crippen molar-refractivity contribution >= 4 is 5.69 Å². The highest BCUT2D eigenvalue weighted by molar-refractivity contribution is 5.45. The summed E-state index contributed by atoms with van der Waals surface area (Å²) in [4.78, 5) is 2.17. The van der Waals surface area contributed by atoms with Crippen LogP contribution in [-0.2, 0) is 13.0 Å². The summed E-state index contributed by atoms with van der Waals surface area (Å²) in [5, 5.41) is 3.49. The Bertz CT molecular complexity index is 474. The summed E-state index contributed by atoms with van der Waals surface area (Å²) in [6, 6.07) is 12.9. The number of nitrogens with one attached hydrogen (secondary N) is 1. The molecular formula is C16H22N2O. The van der Waals surface area contributed by atoms with Gasteiger partial charge in [-0.1, -0.05) is 12.1 Å². The number of hydrogen-bond donors (Lipinski definition) is 1. The molecule has 1 heterocycles. The molecule has 102 valence electrons. The van der Waals surface area contributed by atoms with Gasteiger partial charge in [-0.15, -0.1) is 0 Å². The second-order valence-electron chi connectivity index (χ2n) is 5.26. The molecule has 3 heteroatoms. The van der Waals surface area contributed by atoms with Gasteiger partial charge in [-0.2, -0.15) is 0 Å². The van der Waals surface area contributed by atoms with E-state index in [2.05, 4.69) is 55.5 Å². The zero-order chi connectivity index (χ0) is 13.7. The maximum absolute atomic E-state index is 5.36. The van der Waals surface area contributed by atoms with E-state index in [4.69, 9.17) is 4.42 Å². The SMILES string of the molecule is CC(Cc1ccco1)Nc1ccc(CN(C)C)cc1. The van der Waals surface area contributed by atoms with Gasteiger partial charge in [0.1, 0.15) is 5.76 Å². The Morgan fingerprint density at radius 1 is 1.16 bits per heavy atom. The normalized spacial score (nSPS) is 12.6. The summed E-state index contributed by atoms with van der Waals surface area (Å²) in [7, 11) is 4.16. The summed E-state index contributed by atoms with van der Waals surface area (Å²) in [6.45, 7) is 3.14. The maximum Gasteiger partial charge on any atom is 0.105 e. The molecule has 0 aliphatic heterocycles. The van der Waals surface area contributed by atoms with Gasteiger partial charge in [-0.05, 0) is 50.8 Å². The van der Waals surface area contributed by atoms with E-state index in [1.54, 1.807) is 6.26 Å². The van der Waals surface area contributed by atoms with Gasteiger partial charge in [0.25, 0.3) is 0 Å². The first-order valence-corrected chi connectivity index (χ1v) is 6.66. The van der Waals surface area contributed by atoms with E-state index in [-0.39, 0.29) is 0 Å². The second kappa shape index (κ2) is 6.43. The van der Waals surface area contributed by atoms with Crippen LogP contribution in [0.25, 0.3) is 0 Å². The lowest BCUT2D eigenvalue weighted by molar-refractivity contribution is 0.402. The maximum atomic E-state index is 5.36. The molecule has 3 nitrogen and oxygen atoms in total. The minimum atomic E-state index is 0.353. The standard InChI is InChI=1S/C16H22N2O/c1-13(11-16-5-4-10-19-16)17-15-8-6-14(7-9-15)12-18(2)3/h4-10,13,17H,11-12H2,1-3H3. The number of nitrogens with zero attached hydrogens (tertiary/aromatic N) is 1. The highest BCUT2D eigenvalue weighted by Crippen LogP contribution is 2.13. The molecule has 1 aromatic heterocycles. The molecule has 19 heavy (non-hydrogen) atoms. The van der Waals surface area contributed by atoms with Gasteiger partial charge in [-0.25, -0.2) is 0 Å². The molecule has 0 aliphatic rings. The van der Waals surface area contributed by atoms with Crippen molar-refractivity contribution in [2.75, 3.05) is 19.4 Å². The summed E-state index contributed by atoms with van der Waals surface area (Å²) in [5.74, 6) is 1.02. The highest BCUT2D eigenvalue weighted by atomic mass is 16.3. The Morgan fingerprint density at radius 3 is 2.47 bits per heavy atom. The largest absolute Gasteiger partial charge is 0.469 e. The first kappa shape index (κ1) is 13.7. The first-order valence-electron chi connectivity index (χ1n) is 6.66.